The van der Waals surface area contributed by atoms with Crippen molar-refractivity contribution in [2.45, 2.75) is 6.18 Å². The predicted molar refractivity (Wildman–Crippen MR) is 63.1 cm³/mol. The summed E-state index contributed by atoms with van der Waals surface area (Å²) in [6.45, 7) is 3.80. The number of rotatable bonds is 5. The van der Waals surface area contributed by atoms with Gasteiger partial charge in [0.25, 0.3) is 0 Å². The van der Waals surface area contributed by atoms with Crippen molar-refractivity contribution in [3.05, 3.63) is 42.5 Å². The van der Waals surface area contributed by atoms with Crippen molar-refractivity contribution in [2.24, 2.45) is 0 Å². The van der Waals surface area contributed by atoms with Crippen molar-refractivity contribution in [3.8, 4) is 0 Å². The maximum absolute atomic E-state index is 12.3. The fourth-order valence-corrected chi connectivity index (χ4v) is 1.21. The van der Waals surface area contributed by atoms with Crippen molar-refractivity contribution in [1.82, 2.24) is 5.32 Å². The standard InChI is InChI=1S/C12H13F3N2O/c1-2-7-16-11(18)8-17-10-5-3-9(4-6-10)12(13,14)15/h2-6,17H,1,7-8H2,(H,16,18). The Labute approximate surface area is 103 Å². The minimum atomic E-state index is -4.35. The van der Waals surface area contributed by atoms with Gasteiger partial charge in [-0.25, -0.2) is 0 Å². The molecule has 1 amide bonds. The van der Waals surface area contributed by atoms with Crippen molar-refractivity contribution in [2.75, 3.05) is 18.4 Å². The third kappa shape index (κ3) is 4.48. The van der Waals surface area contributed by atoms with Gasteiger partial charge in [0, 0.05) is 12.2 Å². The number of anilines is 1. The Hall–Kier alpha value is -1.98. The van der Waals surface area contributed by atoms with Gasteiger partial charge in [0.2, 0.25) is 5.91 Å². The van der Waals surface area contributed by atoms with Gasteiger partial charge in [-0.1, -0.05) is 6.08 Å². The second-order valence-electron chi connectivity index (χ2n) is 3.52. The lowest BCUT2D eigenvalue weighted by molar-refractivity contribution is -0.137. The first kappa shape index (κ1) is 14.1. The van der Waals surface area contributed by atoms with Gasteiger partial charge >= 0.3 is 6.18 Å². The van der Waals surface area contributed by atoms with Gasteiger partial charge in [-0.3, -0.25) is 4.79 Å². The number of amides is 1. The molecular formula is C12H13F3N2O. The van der Waals surface area contributed by atoms with E-state index in [1.165, 1.54) is 18.2 Å². The molecule has 2 N–H and O–H groups in total. The summed E-state index contributed by atoms with van der Waals surface area (Å²) in [5.41, 5.74) is -0.263. The molecule has 0 heterocycles. The van der Waals surface area contributed by atoms with E-state index in [9.17, 15) is 18.0 Å². The number of carbonyl (C=O) groups is 1. The van der Waals surface area contributed by atoms with Crippen LogP contribution in [-0.2, 0) is 11.0 Å². The molecule has 0 aliphatic rings. The van der Waals surface area contributed by atoms with Gasteiger partial charge < -0.3 is 10.6 Å². The molecular weight excluding hydrogens is 245 g/mol. The highest BCUT2D eigenvalue weighted by atomic mass is 19.4. The van der Waals surface area contributed by atoms with E-state index in [1.54, 1.807) is 0 Å². The van der Waals surface area contributed by atoms with Crippen LogP contribution in [0.4, 0.5) is 18.9 Å². The quantitative estimate of drug-likeness (QED) is 0.796. The first-order valence-corrected chi connectivity index (χ1v) is 5.22. The predicted octanol–water partition coefficient (Wildman–Crippen LogP) is 2.42. The van der Waals surface area contributed by atoms with Crippen LogP contribution < -0.4 is 10.6 Å². The fourth-order valence-electron chi connectivity index (χ4n) is 1.21. The van der Waals surface area contributed by atoms with E-state index in [0.717, 1.165) is 12.1 Å². The Morgan fingerprint density at radius 3 is 2.39 bits per heavy atom. The summed E-state index contributed by atoms with van der Waals surface area (Å²) in [7, 11) is 0. The number of carbonyl (C=O) groups excluding carboxylic acids is 1. The van der Waals surface area contributed by atoms with Crippen molar-refractivity contribution in [1.29, 1.82) is 0 Å². The van der Waals surface area contributed by atoms with E-state index in [-0.39, 0.29) is 12.5 Å². The Balaban J connectivity index is 2.49. The summed E-state index contributed by atoms with van der Waals surface area (Å²) in [5.74, 6) is -0.255. The van der Waals surface area contributed by atoms with Crippen LogP contribution in [0.5, 0.6) is 0 Å². The second-order valence-corrected chi connectivity index (χ2v) is 3.52. The zero-order valence-corrected chi connectivity index (χ0v) is 9.55. The Bertz CT molecular complexity index is 412. The summed E-state index contributed by atoms with van der Waals surface area (Å²) in [4.78, 5) is 11.2. The highest BCUT2D eigenvalue weighted by Crippen LogP contribution is 2.29. The van der Waals surface area contributed by atoms with E-state index in [1.807, 2.05) is 0 Å². The molecule has 1 aromatic carbocycles. The Kier molecular flexibility index (Phi) is 4.76. The van der Waals surface area contributed by atoms with Crippen LogP contribution in [0.25, 0.3) is 0 Å². The first-order chi connectivity index (χ1) is 8.43. The summed E-state index contributed by atoms with van der Waals surface area (Å²) < 4.78 is 36.8. The highest BCUT2D eigenvalue weighted by molar-refractivity contribution is 5.80. The molecule has 0 aliphatic carbocycles. The van der Waals surface area contributed by atoms with Crippen LogP contribution in [0.1, 0.15) is 5.56 Å². The van der Waals surface area contributed by atoms with Crippen LogP contribution in [0, 0.1) is 0 Å². The SMILES string of the molecule is C=CCNC(=O)CNc1ccc(C(F)(F)F)cc1. The van der Waals surface area contributed by atoms with E-state index < -0.39 is 11.7 Å². The monoisotopic (exact) mass is 258 g/mol. The molecule has 0 aromatic heterocycles. The van der Waals surface area contributed by atoms with E-state index in [0.29, 0.717) is 12.2 Å². The molecule has 18 heavy (non-hydrogen) atoms. The zero-order valence-electron chi connectivity index (χ0n) is 9.55. The lowest BCUT2D eigenvalue weighted by atomic mass is 10.2. The summed E-state index contributed by atoms with van der Waals surface area (Å²) in [6.07, 6.45) is -2.81. The topological polar surface area (TPSA) is 41.1 Å². The normalized spacial score (nSPS) is 10.8. The summed E-state index contributed by atoms with van der Waals surface area (Å²) in [5, 5.41) is 5.26. The van der Waals surface area contributed by atoms with Crippen LogP contribution in [0.3, 0.4) is 0 Å². The molecule has 0 saturated heterocycles. The van der Waals surface area contributed by atoms with Crippen LogP contribution in [0.2, 0.25) is 0 Å². The lowest BCUT2D eigenvalue weighted by Crippen LogP contribution is -2.29. The minimum Gasteiger partial charge on any atom is -0.376 e. The minimum absolute atomic E-state index is 0.000789. The number of hydrogen-bond donors (Lipinski definition) is 2. The van der Waals surface area contributed by atoms with Crippen molar-refractivity contribution in [3.63, 3.8) is 0 Å². The smallest absolute Gasteiger partial charge is 0.376 e. The molecule has 0 fully saturated rings. The molecule has 0 radical (unpaired) electrons. The van der Waals surface area contributed by atoms with E-state index in [2.05, 4.69) is 17.2 Å². The van der Waals surface area contributed by atoms with Crippen molar-refractivity contribution >= 4 is 11.6 Å². The number of benzene rings is 1. The first-order valence-electron chi connectivity index (χ1n) is 5.22. The summed E-state index contributed by atoms with van der Waals surface area (Å²) in [6, 6.07) is 4.49. The molecule has 0 unspecified atom stereocenters. The number of halogens is 3. The average molecular weight is 258 g/mol. The third-order valence-corrected chi connectivity index (χ3v) is 2.11. The van der Waals surface area contributed by atoms with E-state index in [4.69, 9.17) is 0 Å². The fraction of sp³-hybridized carbons (Fsp3) is 0.250. The molecule has 1 rings (SSSR count). The van der Waals surface area contributed by atoms with Gasteiger partial charge in [0.1, 0.15) is 0 Å². The molecule has 6 heteroatoms. The summed E-state index contributed by atoms with van der Waals surface area (Å²) >= 11 is 0. The van der Waals surface area contributed by atoms with Gasteiger partial charge in [0.05, 0.1) is 12.1 Å². The number of alkyl halides is 3. The number of nitrogens with one attached hydrogen (secondary N) is 2. The molecule has 1 aromatic rings. The van der Waals surface area contributed by atoms with Gasteiger partial charge in [-0.05, 0) is 24.3 Å². The van der Waals surface area contributed by atoms with E-state index >= 15 is 0 Å². The van der Waals surface area contributed by atoms with Crippen molar-refractivity contribution < 1.29 is 18.0 Å². The van der Waals surface area contributed by atoms with Gasteiger partial charge in [-0.15, -0.1) is 6.58 Å². The average Bonchev–Trinajstić information content (AvgIpc) is 2.33. The van der Waals surface area contributed by atoms with Gasteiger partial charge in [0.15, 0.2) is 0 Å². The maximum atomic E-state index is 12.3. The van der Waals surface area contributed by atoms with Crippen LogP contribution in [-0.4, -0.2) is 19.0 Å². The van der Waals surface area contributed by atoms with Crippen LogP contribution in [0.15, 0.2) is 36.9 Å². The molecule has 0 atom stereocenters. The van der Waals surface area contributed by atoms with Crippen LogP contribution >= 0.6 is 0 Å². The Morgan fingerprint density at radius 1 is 1.28 bits per heavy atom. The largest absolute Gasteiger partial charge is 0.416 e. The zero-order chi connectivity index (χ0) is 13.6. The number of hydrogen-bond acceptors (Lipinski definition) is 2. The molecule has 98 valence electrons. The molecule has 3 nitrogen and oxygen atoms in total. The molecule has 0 saturated carbocycles. The second kappa shape index (κ2) is 6.09. The molecule has 0 aliphatic heterocycles. The molecule has 0 spiro atoms. The molecule has 0 bridgehead atoms. The Morgan fingerprint density at radius 2 is 1.89 bits per heavy atom. The third-order valence-electron chi connectivity index (χ3n) is 2.11. The highest BCUT2D eigenvalue weighted by Gasteiger charge is 2.29. The van der Waals surface area contributed by atoms with Gasteiger partial charge in [-0.2, -0.15) is 13.2 Å². The lowest BCUT2D eigenvalue weighted by Gasteiger charge is -2.09. The maximum Gasteiger partial charge on any atom is 0.416 e.